The van der Waals surface area contributed by atoms with Crippen molar-refractivity contribution in [2.24, 2.45) is 0 Å². The van der Waals surface area contributed by atoms with Crippen LogP contribution in [0.5, 0.6) is 0 Å². The van der Waals surface area contributed by atoms with Crippen LogP contribution in [0.25, 0.3) is 11.5 Å². The number of rotatable bonds is 3. The largest absolute Gasteiger partial charge is 0.444 e. The maximum Gasteiger partial charge on any atom is 0.227 e. The first-order chi connectivity index (χ1) is 7.66. The summed E-state index contributed by atoms with van der Waals surface area (Å²) in [4.78, 5) is 4.27. The molecule has 4 heteroatoms. The van der Waals surface area contributed by atoms with Gasteiger partial charge >= 0.3 is 0 Å². The topological polar surface area (TPSA) is 46.3 Å². The van der Waals surface area contributed by atoms with Crippen LogP contribution in [0.4, 0.5) is 0 Å². The van der Waals surface area contributed by atoms with Gasteiger partial charge in [0.25, 0.3) is 0 Å². The van der Waals surface area contributed by atoms with E-state index in [-0.39, 0.29) is 0 Å². The molecule has 16 heavy (non-hydrogen) atoms. The Labute approximate surface area is 98.7 Å². The molecule has 1 unspecified atom stereocenters. The molecule has 0 aliphatic carbocycles. The lowest BCUT2D eigenvalue weighted by Crippen LogP contribution is -2.04. The molecule has 0 saturated carbocycles. The third kappa shape index (κ3) is 2.43. The van der Waals surface area contributed by atoms with E-state index in [2.05, 4.69) is 4.98 Å². The highest BCUT2D eigenvalue weighted by Crippen LogP contribution is 2.26. The van der Waals surface area contributed by atoms with Crippen LogP contribution < -0.4 is 0 Å². The van der Waals surface area contributed by atoms with Crippen molar-refractivity contribution in [3.05, 3.63) is 41.2 Å². The van der Waals surface area contributed by atoms with Gasteiger partial charge in [0.2, 0.25) is 5.89 Å². The van der Waals surface area contributed by atoms with E-state index in [0.717, 1.165) is 11.3 Å². The van der Waals surface area contributed by atoms with E-state index in [9.17, 15) is 5.11 Å². The van der Waals surface area contributed by atoms with Crippen LogP contribution in [0.1, 0.15) is 12.6 Å². The summed E-state index contributed by atoms with van der Waals surface area (Å²) >= 11 is 6.02. The van der Waals surface area contributed by atoms with Crippen molar-refractivity contribution in [1.29, 1.82) is 0 Å². The van der Waals surface area contributed by atoms with Crippen LogP contribution in [-0.4, -0.2) is 16.2 Å². The van der Waals surface area contributed by atoms with Crippen molar-refractivity contribution in [1.82, 2.24) is 4.98 Å². The van der Waals surface area contributed by atoms with Gasteiger partial charge in [-0.05, 0) is 19.1 Å². The highest BCUT2D eigenvalue weighted by atomic mass is 35.5. The Morgan fingerprint density at radius 2 is 2.19 bits per heavy atom. The summed E-state index contributed by atoms with van der Waals surface area (Å²) in [6.07, 6.45) is 1.60. The molecule has 0 bridgehead atoms. The molecule has 1 aromatic heterocycles. The van der Waals surface area contributed by atoms with Gasteiger partial charge < -0.3 is 9.52 Å². The molecule has 0 radical (unpaired) electrons. The Morgan fingerprint density at radius 3 is 2.88 bits per heavy atom. The van der Waals surface area contributed by atoms with Gasteiger partial charge in [0.05, 0.1) is 22.4 Å². The lowest BCUT2D eigenvalue weighted by atomic mass is 10.2. The molecule has 84 valence electrons. The van der Waals surface area contributed by atoms with E-state index in [1.165, 1.54) is 0 Å². The fourth-order valence-electron chi connectivity index (χ4n) is 1.46. The molecule has 0 aliphatic rings. The van der Waals surface area contributed by atoms with E-state index in [0.29, 0.717) is 17.3 Å². The quantitative estimate of drug-likeness (QED) is 0.893. The number of halogens is 1. The summed E-state index contributed by atoms with van der Waals surface area (Å²) in [5, 5.41) is 9.84. The first-order valence-electron chi connectivity index (χ1n) is 5.04. The molecule has 2 aromatic rings. The van der Waals surface area contributed by atoms with Gasteiger partial charge in [0, 0.05) is 6.42 Å². The monoisotopic (exact) mass is 237 g/mol. The number of oxazole rings is 1. The van der Waals surface area contributed by atoms with Crippen molar-refractivity contribution >= 4 is 11.6 Å². The Bertz CT molecular complexity index is 479. The van der Waals surface area contributed by atoms with Gasteiger partial charge in [-0.2, -0.15) is 0 Å². The average molecular weight is 238 g/mol. The fourth-order valence-corrected chi connectivity index (χ4v) is 1.68. The summed E-state index contributed by atoms with van der Waals surface area (Å²) in [6.45, 7) is 1.71. The Hall–Kier alpha value is -1.32. The van der Waals surface area contributed by atoms with Crippen LogP contribution in [0.3, 0.4) is 0 Å². The lowest BCUT2D eigenvalue weighted by Gasteiger charge is -1.98. The minimum atomic E-state index is -0.427. The second kappa shape index (κ2) is 4.68. The molecule has 0 amide bonds. The minimum absolute atomic E-state index is 0.427. The number of aliphatic hydroxyl groups is 1. The zero-order chi connectivity index (χ0) is 11.5. The molecule has 2 rings (SSSR count). The maximum absolute atomic E-state index is 9.23. The molecule has 0 saturated heterocycles. The van der Waals surface area contributed by atoms with E-state index < -0.39 is 6.10 Å². The van der Waals surface area contributed by atoms with Crippen LogP contribution in [0.15, 0.2) is 34.9 Å². The van der Waals surface area contributed by atoms with Gasteiger partial charge in [-0.3, -0.25) is 0 Å². The summed E-state index contributed by atoms with van der Waals surface area (Å²) in [7, 11) is 0. The molecule has 3 nitrogen and oxygen atoms in total. The highest BCUT2D eigenvalue weighted by molar-refractivity contribution is 6.33. The van der Waals surface area contributed by atoms with Crippen molar-refractivity contribution in [3.8, 4) is 11.5 Å². The van der Waals surface area contributed by atoms with E-state index >= 15 is 0 Å². The fraction of sp³-hybridized carbons (Fsp3) is 0.250. The number of hydrogen-bond donors (Lipinski definition) is 1. The highest BCUT2D eigenvalue weighted by Gasteiger charge is 2.10. The predicted molar refractivity (Wildman–Crippen MR) is 62.3 cm³/mol. The van der Waals surface area contributed by atoms with Gasteiger partial charge in [-0.25, -0.2) is 4.98 Å². The summed E-state index contributed by atoms with van der Waals surface area (Å²) in [5.74, 6) is 0.487. The molecule has 0 fully saturated rings. The summed E-state index contributed by atoms with van der Waals surface area (Å²) in [5.41, 5.74) is 1.49. The smallest absolute Gasteiger partial charge is 0.227 e. The zero-order valence-electron chi connectivity index (χ0n) is 8.85. The number of nitrogens with zero attached hydrogens (tertiary/aromatic N) is 1. The number of aromatic nitrogens is 1. The summed E-state index contributed by atoms with van der Waals surface area (Å²) in [6, 6.07) is 7.36. The van der Waals surface area contributed by atoms with Crippen LogP contribution >= 0.6 is 11.6 Å². The SMILES string of the molecule is CC(O)Cc1coc(-c2ccccc2Cl)n1. The number of benzene rings is 1. The Balaban J connectivity index is 2.28. The van der Waals surface area contributed by atoms with Crippen LogP contribution in [0, 0.1) is 0 Å². The minimum Gasteiger partial charge on any atom is -0.444 e. The summed E-state index contributed by atoms with van der Waals surface area (Å²) < 4.78 is 5.33. The first-order valence-corrected chi connectivity index (χ1v) is 5.42. The van der Waals surface area contributed by atoms with Gasteiger partial charge in [-0.15, -0.1) is 0 Å². The maximum atomic E-state index is 9.23. The van der Waals surface area contributed by atoms with E-state index in [1.54, 1.807) is 19.3 Å². The second-order valence-electron chi connectivity index (χ2n) is 3.68. The van der Waals surface area contributed by atoms with Gasteiger partial charge in [-0.1, -0.05) is 23.7 Å². The third-order valence-electron chi connectivity index (χ3n) is 2.16. The molecule has 0 spiro atoms. The molecular weight excluding hydrogens is 226 g/mol. The zero-order valence-corrected chi connectivity index (χ0v) is 9.61. The number of aliphatic hydroxyl groups excluding tert-OH is 1. The molecule has 1 atom stereocenters. The Morgan fingerprint density at radius 1 is 1.44 bits per heavy atom. The van der Waals surface area contributed by atoms with Crippen LogP contribution in [-0.2, 0) is 6.42 Å². The second-order valence-corrected chi connectivity index (χ2v) is 4.08. The normalized spacial score (nSPS) is 12.7. The van der Waals surface area contributed by atoms with Crippen molar-refractivity contribution in [2.45, 2.75) is 19.4 Å². The molecule has 0 aliphatic heterocycles. The van der Waals surface area contributed by atoms with Gasteiger partial charge in [0.15, 0.2) is 0 Å². The molecule has 1 aromatic carbocycles. The van der Waals surface area contributed by atoms with Crippen LogP contribution in [0.2, 0.25) is 5.02 Å². The lowest BCUT2D eigenvalue weighted by molar-refractivity contribution is 0.194. The standard InChI is InChI=1S/C12H12ClNO2/c1-8(15)6-9-7-16-12(14-9)10-4-2-3-5-11(10)13/h2-5,7-8,15H,6H2,1H3. The van der Waals surface area contributed by atoms with E-state index in [1.807, 2.05) is 18.2 Å². The predicted octanol–water partition coefficient (Wildman–Crippen LogP) is 2.92. The molecular formula is C12H12ClNO2. The first kappa shape index (κ1) is 11.2. The van der Waals surface area contributed by atoms with Crippen molar-refractivity contribution in [3.63, 3.8) is 0 Å². The van der Waals surface area contributed by atoms with Gasteiger partial charge in [0.1, 0.15) is 6.26 Å². The molecule has 1 heterocycles. The molecule has 1 N–H and O–H groups in total. The van der Waals surface area contributed by atoms with Crippen molar-refractivity contribution < 1.29 is 9.52 Å². The van der Waals surface area contributed by atoms with Crippen molar-refractivity contribution in [2.75, 3.05) is 0 Å². The number of hydrogen-bond acceptors (Lipinski definition) is 3. The Kier molecular flexibility index (Phi) is 3.27. The third-order valence-corrected chi connectivity index (χ3v) is 2.49. The average Bonchev–Trinajstić information content (AvgIpc) is 2.66. The van der Waals surface area contributed by atoms with E-state index in [4.69, 9.17) is 16.0 Å².